The van der Waals surface area contributed by atoms with Crippen molar-refractivity contribution in [3.63, 3.8) is 0 Å². The van der Waals surface area contributed by atoms with Crippen LogP contribution in [0, 0.1) is 0 Å². The molecule has 0 bridgehead atoms. The Morgan fingerprint density at radius 3 is 2.06 bits per heavy atom. The first-order chi connectivity index (χ1) is 23.8. The highest BCUT2D eigenvalue weighted by Gasteiger charge is 2.26. The van der Waals surface area contributed by atoms with E-state index in [0.29, 0.717) is 0 Å². The zero-order valence-electron chi connectivity index (χ0n) is 25.7. The van der Waals surface area contributed by atoms with Crippen molar-refractivity contribution < 1.29 is 8.83 Å². The average Bonchev–Trinajstić information content (AvgIpc) is 3.73. The fourth-order valence-corrected chi connectivity index (χ4v) is 7.12. The third-order valence-electron chi connectivity index (χ3n) is 9.34. The van der Waals surface area contributed by atoms with Crippen LogP contribution < -0.4 is 5.32 Å². The Hall–Kier alpha value is -6.46. The first kappa shape index (κ1) is 26.7. The van der Waals surface area contributed by atoms with Gasteiger partial charge in [0.25, 0.3) is 0 Å². The van der Waals surface area contributed by atoms with E-state index in [1.165, 1.54) is 10.8 Å². The molecule has 0 radical (unpaired) electrons. The molecule has 5 heteroatoms. The molecule has 226 valence electrons. The van der Waals surface area contributed by atoms with Crippen molar-refractivity contribution in [1.29, 1.82) is 0 Å². The van der Waals surface area contributed by atoms with Crippen LogP contribution in [0.3, 0.4) is 0 Å². The normalized spacial score (nSPS) is 14.9. The molecule has 0 spiro atoms. The minimum atomic E-state index is -0.515. The number of nitrogens with zero attached hydrogens (tertiary/aromatic N) is 2. The maximum absolute atomic E-state index is 6.67. The first-order valence-corrected chi connectivity index (χ1v) is 16.1. The van der Waals surface area contributed by atoms with Gasteiger partial charge in [0, 0.05) is 43.8 Å². The Kier molecular flexibility index (Phi) is 5.87. The molecule has 48 heavy (non-hydrogen) atoms. The number of para-hydroxylation sites is 2. The van der Waals surface area contributed by atoms with Crippen molar-refractivity contribution in [2.45, 2.75) is 6.17 Å². The summed E-state index contributed by atoms with van der Waals surface area (Å²) in [7, 11) is 0. The fraction of sp³-hybridized carbons (Fsp3) is 0.0233. The molecular weight excluding hydrogens is 590 g/mol. The number of amidine groups is 2. The second-order valence-electron chi connectivity index (χ2n) is 12.2. The molecule has 0 saturated carbocycles. The quantitative estimate of drug-likeness (QED) is 0.214. The van der Waals surface area contributed by atoms with E-state index in [0.717, 1.165) is 83.4 Å². The molecule has 1 unspecified atom stereocenters. The smallest absolute Gasteiger partial charge is 0.170 e. The van der Waals surface area contributed by atoms with Gasteiger partial charge in [0.05, 0.1) is 0 Å². The monoisotopic (exact) mass is 617 g/mol. The lowest BCUT2D eigenvalue weighted by Gasteiger charge is -2.23. The summed E-state index contributed by atoms with van der Waals surface area (Å²) >= 11 is 0. The van der Waals surface area contributed by atoms with Crippen LogP contribution in [-0.4, -0.2) is 11.7 Å². The minimum absolute atomic E-state index is 0.515. The SMILES string of the molecule is c1ccc(C2=NC(c3cccc4oc5c(-c6ccc7ccccc7c6)cccc5c34)N=C(c3cccc4oc5ccccc5c34)N2)cc1. The van der Waals surface area contributed by atoms with Crippen LogP contribution in [0.15, 0.2) is 170 Å². The number of nitrogens with one attached hydrogen (secondary N) is 1. The van der Waals surface area contributed by atoms with E-state index in [9.17, 15) is 0 Å². The van der Waals surface area contributed by atoms with E-state index >= 15 is 0 Å². The van der Waals surface area contributed by atoms with Gasteiger partial charge >= 0.3 is 0 Å². The van der Waals surface area contributed by atoms with Gasteiger partial charge < -0.3 is 14.2 Å². The van der Waals surface area contributed by atoms with Gasteiger partial charge in [0.1, 0.15) is 34.0 Å². The third-order valence-corrected chi connectivity index (χ3v) is 9.34. The molecule has 0 amide bonds. The van der Waals surface area contributed by atoms with Crippen LogP contribution >= 0.6 is 0 Å². The summed E-state index contributed by atoms with van der Waals surface area (Å²) in [6, 6.07) is 52.1. The molecular formula is C43H27N3O2. The van der Waals surface area contributed by atoms with Gasteiger partial charge in [0.15, 0.2) is 6.17 Å². The minimum Gasteiger partial charge on any atom is -0.456 e. The second kappa shape index (κ2) is 10.5. The van der Waals surface area contributed by atoms with Crippen molar-refractivity contribution >= 4 is 66.3 Å². The van der Waals surface area contributed by atoms with Gasteiger partial charge in [-0.1, -0.05) is 127 Å². The summed E-state index contributed by atoms with van der Waals surface area (Å²) < 4.78 is 12.9. The lowest BCUT2D eigenvalue weighted by atomic mass is 9.98. The Labute approximate surface area is 275 Å². The van der Waals surface area contributed by atoms with Gasteiger partial charge in [-0.15, -0.1) is 0 Å². The lowest BCUT2D eigenvalue weighted by Crippen LogP contribution is -2.36. The van der Waals surface area contributed by atoms with Crippen LogP contribution in [-0.2, 0) is 0 Å². The highest BCUT2D eigenvalue weighted by atomic mass is 16.3. The average molecular weight is 618 g/mol. The van der Waals surface area contributed by atoms with Gasteiger partial charge in [-0.25, -0.2) is 9.98 Å². The largest absolute Gasteiger partial charge is 0.456 e. The predicted octanol–water partition coefficient (Wildman–Crippen LogP) is 10.8. The number of benzene rings is 7. The number of rotatable bonds is 4. The van der Waals surface area contributed by atoms with Crippen molar-refractivity contribution in [3.05, 3.63) is 168 Å². The molecule has 7 aromatic carbocycles. The molecule has 1 aliphatic heterocycles. The fourth-order valence-electron chi connectivity index (χ4n) is 7.12. The lowest BCUT2D eigenvalue weighted by molar-refractivity contribution is 0.668. The zero-order valence-corrected chi connectivity index (χ0v) is 25.7. The second-order valence-corrected chi connectivity index (χ2v) is 12.2. The summed E-state index contributed by atoms with van der Waals surface area (Å²) in [5.74, 6) is 1.50. The van der Waals surface area contributed by atoms with Crippen molar-refractivity contribution in [1.82, 2.24) is 5.32 Å². The summed E-state index contributed by atoms with van der Waals surface area (Å²) in [6.07, 6.45) is -0.515. The van der Waals surface area contributed by atoms with Crippen molar-refractivity contribution in [3.8, 4) is 11.1 Å². The van der Waals surface area contributed by atoms with Gasteiger partial charge in [-0.3, -0.25) is 0 Å². The molecule has 5 nitrogen and oxygen atoms in total. The Morgan fingerprint density at radius 2 is 1.15 bits per heavy atom. The molecule has 1 N–H and O–H groups in total. The zero-order chi connectivity index (χ0) is 31.6. The summed E-state index contributed by atoms with van der Waals surface area (Å²) in [5.41, 5.74) is 8.45. The third kappa shape index (κ3) is 4.18. The summed E-state index contributed by atoms with van der Waals surface area (Å²) in [5, 5.41) is 10.1. The molecule has 10 rings (SSSR count). The van der Waals surface area contributed by atoms with E-state index < -0.39 is 6.17 Å². The number of hydrogen-bond acceptors (Lipinski definition) is 5. The van der Waals surface area contributed by atoms with E-state index in [4.69, 9.17) is 18.8 Å². The maximum Gasteiger partial charge on any atom is 0.170 e. The number of fused-ring (bicyclic) bond motifs is 7. The highest BCUT2D eigenvalue weighted by molar-refractivity contribution is 6.23. The molecule has 9 aromatic rings. The van der Waals surface area contributed by atoms with E-state index in [2.05, 4.69) is 96.3 Å². The van der Waals surface area contributed by atoms with Crippen LogP contribution in [0.25, 0.3) is 65.8 Å². The van der Waals surface area contributed by atoms with Crippen molar-refractivity contribution in [2.24, 2.45) is 9.98 Å². The number of furan rings is 2. The molecule has 1 atom stereocenters. The molecule has 0 aliphatic carbocycles. The summed E-state index contributed by atoms with van der Waals surface area (Å²) in [4.78, 5) is 10.6. The number of aliphatic imine (C=N–C) groups is 2. The predicted molar refractivity (Wildman–Crippen MR) is 196 cm³/mol. The maximum atomic E-state index is 6.67. The van der Waals surface area contributed by atoms with E-state index in [-0.39, 0.29) is 0 Å². The van der Waals surface area contributed by atoms with Crippen LogP contribution in [0.4, 0.5) is 0 Å². The van der Waals surface area contributed by atoms with Gasteiger partial charge in [-0.2, -0.15) is 0 Å². The molecule has 0 fully saturated rings. The molecule has 3 heterocycles. The Balaban J connectivity index is 1.19. The van der Waals surface area contributed by atoms with Crippen molar-refractivity contribution in [2.75, 3.05) is 0 Å². The van der Waals surface area contributed by atoms with Crippen LogP contribution in [0.1, 0.15) is 22.9 Å². The molecule has 2 aromatic heterocycles. The van der Waals surface area contributed by atoms with E-state index in [1.807, 2.05) is 60.7 Å². The van der Waals surface area contributed by atoms with Gasteiger partial charge in [0.2, 0.25) is 0 Å². The van der Waals surface area contributed by atoms with Crippen LogP contribution in [0.5, 0.6) is 0 Å². The molecule has 1 aliphatic rings. The summed E-state index contributed by atoms with van der Waals surface area (Å²) in [6.45, 7) is 0. The Morgan fingerprint density at radius 1 is 0.458 bits per heavy atom. The highest BCUT2D eigenvalue weighted by Crippen LogP contribution is 2.41. The van der Waals surface area contributed by atoms with E-state index in [1.54, 1.807) is 0 Å². The van der Waals surface area contributed by atoms with Gasteiger partial charge in [-0.05, 0) is 40.6 Å². The van der Waals surface area contributed by atoms with Crippen LogP contribution in [0.2, 0.25) is 0 Å². The standard InChI is InChI=1S/C43H27N3O2/c1-2-12-27(13-3-1)41-44-42(33-18-9-21-36-38(33)31-15-6-7-20-35(31)47-36)46-43(45-41)34-19-10-22-37-39(34)32-17-8-16-30(40(32)48-37)29-24-23-26-11-4-5-14-28(26)25-29/h1-25,43H,(H,44,45,46). The molecule has 0 saturated heterocycles. The number of hydrogen-bond donors (Lipinski definition) is 1. The first-order valence-electron chi connectivity index (χ1n) is 16.1. The topological polar surface area (TPSA) is 63.0 Å². The Bertz CT molecular complexity index is 2770.